The van der Waals surface area contributed by atoms with Crippen molar-refractivity contribution in [2.24, 2.45) is 5.73 Å². The van der Waals surface area contributed by atoms with Crippen LogP contribution in [0.1, 0.15) is 0 Å². The van der Waals surface area contributed by atoms with Crippen LogP contribution in [0.15, 0.2) is 24.3 Å². The molecule has 1 aliphatic rings. The minimum atomic E-state index is 0.375. The van der Waals surface area contributed by atoms with Crippen molar-refractivity contribution in [1.29, 1.82) is 0 Å². The average molecular weight is 130 g/mol. The highest BCUT2D eigenvalue weighted by molar-refractivity contribution is 7.26. The summed E-state index contributed by atoms with van der Waals surface area (Å²) in [5.74, 6) is 0.375. The molecule has 0 fully saturated rings. The zero-order valence-corrected chi connectivity index (χ0v) is 4.97. The predicted molar refractivity (Wildman–Crippen MR) is 30.5 cm³/mol. The fraction of sp³-hybridized carbons (Fsp3) is 0. The van der Waals surface area contributed by atoms with Gasteiger partial charge in [-0.3, -0.25) is 0 Å². The van der Waals surface area contributed by atoms with Crippen molar-refractivity contribution in [1.82, 2.24) is 0 Å². The molecule has 0 atom stereocenters. The normalized spacial score (nSPS) is 20.8. The zero-order chi connectivity index (χ0) is 5.82. The second kappa shape index (κ2) is 2.58. The maximum atomic E-state index is 5.24. The van der Waals surface area contributed by atoms with Gasteiger partial charge in [0.05, 0.1) is 6.26 Å². The molecular weight excluding hydrogens is 125 g/mol. The summed E-state index contributed by atoms with van der Waals surface area (Å²) in [7, 11) is 0.419. The molecular formula is C4H5NO2P. The molecule has 1 aliphatic heterocycles. The van der Waals surface area contributed by atoms with Crippen LogP contribution < -0.4 is 5.73 Å². The lowest BCUT2D eigenvalue weighted by Gasteiger charge is -1.95. The lowest BCUT2D eigenvalue weighted by Crippen LogP contribution is -1.94. The highest BCUT2D eigenvalue weighted by atomic mass is 31.1. The predicted octanol–water partition coefficient (Wildman–Crippen LogP) is 1.12. The third kappa shape index (κ3) is 1.43. The summed E-state index contributed by atoms with van der Waals surface area (Å²) in [4.78, 5) is 0. The van der Waals surface area contributed by atoms with Gasteiger partial charge in [-0.2, -0.15) is 0 Å². The first-order valence-electron chi connectivity index (χ1n) is 2.05. The molecule has 0 amide bonds. The second-order valence-corrected chi connectivity index (χ2v) is 1.71. The largest absolute Gasteiger partial charge is 0.439 e. The standard InChI is InChI=1S/C4H5NO2P/c5-4-2-1-3-6-8-7-4/h1-3H,5H2. The molecule has 4 heteroatoms. The first-order chi connectivity index (χ1) is 3.89. The minimum Gasteiger partial charge on any atom is -0.439 e. The van der Waals surface area contributed by atoms with E-state index in [1.165, 1.54) is 6.26 Å². The Hall–Kier alpha value is -0.690. The Balaban J connectivity index is 2.52. The fourth-order valence-electron chi connectivity index (χ4n) is 0.289. The molecule has 1 rings (SSSR count). The average Bonchev–Trinajstić information content (AvgIpc) is 1.94. The molecule has 43 valence electrons. The maximum Gasteiger partial charge on any atom is 0.405 e. The molecule has 8 heavy (non-hydrogen) atoms. The van der Waals surface area contributed by atoms with Crippen LogP contribution >= 0.6 is 9.03 Å². The van der Waals surface area contributed by atoms with E-state index in [0.29, 0.717) is 14.9 Å². The van der Waals surface area contributed by atoms with E-state index in [2.05, 4.69) is 0 Å². The first kappa shape index (κ1) is 5.45. The molecule has 0 bridgehead atoms. The quantitative estimate of drug-likeness (QED) is 0.500. The molecule has 0 saturated heterocycles. The van der Waals surface area contributed by atoms with E-state index in [1.54, 1.807) is 12.2 Å². The number of allylic oxidation sites excluding steroid dienone is 2. The highest BCUT2D eigenvalue weighted by Gasteiger charge is 1.93. The lowest BCUT2D eigenvalue weighted by molar-refractivity contribution is 0.403. The Labute approximate surface area is 49.1 Å². The van der Waals surface area contributed by atoms with Gasteiger partial charge in [0.1, 0.15) is 0 Å². The number of hydrogen-bond donors (Lipinski definition) is 1. The molecule has 1 radical (unpaired) electrons. The van der Waals surface area contributed by atoms with Gasteiger partial charge in [-0.1, -0.05) is 0 Å². The summed E-state index contributed by atoms with van der Waals surface area (Å²) in [6, 6.07) is 0. The van der Waals surface area contributed by atoms with Gasteiger partial charge >= 0.3 is 9.03 Å². The van der Waals surface area contributed by atoms with Gasteiger partial charge in [-0.05, 0) is 6.08 Å². The van der Waals surface area contributed by atoms with Gasteiger partial charge in [0.25, 0.3) is 0 Å². The molecule has 0 aromatic carbocycles. The highest BCUT2D eigenvalue weighted by Crippen LogP contribution is 2.18. The summed E-state index contributed by atoms with van der Waals surface area (Å²) in [5.41, 5.74) is 5.24. The van der Waals surface area contributed by atoms with Gasteiger partial charge < -0.3 is 14.8 Å². The summed E-state index contributed by atoms with van der Waals surface area (Å²) >= 11 is 0. The van der Waals surface area contributed by atoms with E-state index in [0.717, 1.165) is 0 Å². The van der Waals surface area contributed by atoms with Crippen LogP contribution in [0.4, 0.5) is 0 Å². The lowest BCUT2D eigenvalue weighted by atomic mass is 10.6. The Morgan fingerprint density at radius 2 is 2.50 bits per heavy atom. The SMILES string of the molecule is NC1=CC=CO[P]O1. The van der Waals surface area contributed by atoms with Crippen molar-refractivity contribution >= 4 is 9.03 Å². The smallest absolute Gasteiger partial charge is 0.405 e. The van der Waals surface area contributed by atoms with Crippen LogP contribution in [0.5, 0.6) is 0 Å². The van der Waals surface area contributed by atoms with E-state index in [1.807, 2.05) is 0 Å². The third-order valence-corrected chi connectivity index (χ3v) is 1.08. The number of rotatable bonds is 0. The third-order valence-electron chi connectivity index (χ3n) is 0.586. The van der Waals surface area contributed by atoms with Crippen LogP contribution in [0.3, 0.4) is 0 Å². The zero-order valence-electron chi connectivity index (χ0n) is 4.07. The number of hydrogen-bond acceptors (Lipinski definition) is 3. The topological polar surface area (TPSA) is 44.5 Å². The van der Waals surface area contributed by atoms with Crippen LogP contribution in [-0.2, 0) is 9.05 Å². The van der Waals surface area contributed by atoms with Gasteiger partial charge in [-0.15, -0.1) is 0 Å². The van der Waals surface area contributed by atoms with Crippen molar-refractivity contribution in [2.75, 3.05) is 0 Å². The molecule has 0 aromatic rings. The van der Waals surface area contributed by atoms with Gasteiger partial charge in [0.2, 0.25) is 0 Å². The number of nitrogens with two attached hydrogens (primary N) is 1. The Kier molecular flexibility index (Phi) is 1.75. The Morgan fingerprint density at radius 1 is 1.62 bits per heavy atom. The van der Waals surface area contributed by atoms with E-state index in [9.17, 15) is 0 Å². The fourth-order valence-corrected chi connectivity index (χ4v) is 0.599. The van der Waals surface area contributed by atoms with Gasteiger partial charge in [0.15, 0.2) is 5.88 Å². The van der Waals surface area contributed by atoms with Crippen LogP contribution in [0.25, 0.3) is 0 Å². The van der Waals surface area contributed by atoms with E-state index in [-0.39, 0.29) is 0 Å². The molecule has 0 aromatic heterocycles. The van der Waals surface area contributed by atoms with Crippen molar-refractivity contribution < 1.29 is 9.05 Å². The first-order valence-corrected chi connectivity index (χ1v) is 2.78. The van der Waals surface area contributed by atoms with Crippen molar-refractivity contribution in [2.45, 2.75) is 0 Å². The maximum absolute atomic E-state index is 5.24. The van der Waals surface area contributed by atoms with Crippen molar-refractivity contribution in [3.8, 4) is 0 Å². The summed E-state index contributed by atoms with van der Waals surface area (Å²) in [6.45, 7) is 0. The second-order valence-electron chi connectivity index (χ2n) is 1.17. The summed E-state index contributed by atoms with van der Waals surface area (Å²) in [5, 5.41) is 0. The monoisotopic (exact) mass is 130 g/mol. The van der Waals surface area contributed by atoms with Crippen LogP contribution in [-0.4, -0.2) is 0 Å². The molecule has 3 nitrogen and oxygen atoms in total. The van der Waals surface area contributed by atoms with Crippen molar-refractivity contribution in [3.63, 3.8) is 0 Å². The van der Waals surface area contributed by atoms with Crippen molar-refractivity contribution in [3.05, 3.63) is 24.3 Å². The molecule has 0 unspecified atom stereocenters. The van der Waals surface area contributed by atoms with E-state index >= 15 is 0 Å². The molecule has 1 heterocycles. The molecule has 0 aliphatic carbocycles. The Morgan fingerprint density at radius 3 is 3.38 bits per heavy atom. The molecule has 0 saturated carbocycles. The Bertz CT molecular complexity index is 132. The van der Waals surface area contributed by atoms with Crippen LogP contribution in [0, 0.1) is 0 Å². The summed E-state index contributed by atoms with van der Waals surface area (Å²) in [6.07, 6.45) is 4.82. The summed E-state index contributed by atoms with van der Waals surface area (Å²) < 4.78 is 9.43. The van der Waals surface area contributed by atoms with E-state index < -0.39 is 0 Å². The van der Waals surface area contributed by atoms with Gasteiger partial charge in [-0.25, -0.2) is 0 Å². The molecule has 2 N–H and O–H groups in total. The van der Waals surface area contributed by atoms with Gasteiger partial charge in [0, 0.05) is 6.08 Å². The molecule has 0 spiro atoms. The minimum absolute atomic E-state index is 0.375. The van der Waals surface area contributed by atoms with Crippen LogP contribution in [0.2, 0.25) is 0 Å². The van der Waals surface area contributed by atoms with E-state index in [4.69, 9.17) is 14.8 Å².